The number of ether oxygens (including phenoxy) is 1. The molecule has 0 N–H and O–H groups in total. The van der Waals surface area contributed by atoms with E-state index in [4.69, 9.17) is 4.74 Å². The van der Waals surface area contributed by atoms with Gasteiger partial charge in [0.1, 0.15) is 5.75 Å². The molecule has 1 saturated heterocycles. The van der Waals surface area contributed by atoms with Crippen LogP contribution < -0.4 is 4.74 Å². The Kier molecular flexibility index (Phi) is 4.17. The monoisotopic (exact) mass is 328 g/mol. The second-order valence-electron chi connectivity index (χ2n) is 7.02. The fourth-order valence-electron chi connectivity index (χ4n) is 3.76. The average molecular weight is 328 g/mol. The third-order valence-electron chi connectivity index (χ3n) is 5.49. The molecule has 2 fully saturated rings. The summed E-state index contributed by atoms with van der Waals surface area (Å²) in [5.74, 6) is 1.51. The zero-order chi connectivity index (χ0) is 16.5. The minimum absolute atomic E-state index is 0.0719. The first-order chi connectivity index (χ1) is 11.7. The largest absolute Gasteiger partial charge is 0.493 e. The highest BCUT2D eigenvalue weighted by Gasteiger charge is 2.31. The molecule has 2 heterocycles. The second-order valence-corrected chi connectivity index (χ2v) is 7.02. The topological polar surface area (TPSA) is 49.9 Å². The van der Waals surface area contributed by atoms with Crippen molar-refractivity contribution in [2.24, 2.45) is 5.92 Å². The molecule has 0 bridgehead atoms. The average Bonchev–Trinajstić information content (AvgIpc) is 2.87. The van der Waals surface area contributed by atoms with Gasteiger partial charge in [0.15, 0.2) is 0 Å². The first kappa shape index (κ1) is 15.5. The maximum Gasteiger partial charge on any atom is 0.253 e. The van der Waals surface area contributed by atoms with Gasteiger partial charge in [-0.3, -0.25) is 9.59 Å². The van der Waals surface area contributed by atoms with E-state index in [1.54, 1.807) is 0 Å². The van der Waals surface area contributed by atoms with Gasteiger partial charge in [-0.15, -0.1) is 0 Å². The maximum absolute atomic E-state index is 12.8. The van der Waals surface area contributed by atoms with Crippen molar-refractivity contribution >= 4 is 11.8 Å². The van der Waals surface area contributed by atoms with E-state index in [1.165, 1.54) is 6.42 Å². The second kappa shape index (κ2) is 6.46. The Balaban J connectivity index is 1.41. The molecule has 0 unspecified atom stereocenters. The minimum atomic E-state index is 0.0719. The molecule has 5 heteroatoms. The van der Waals surface area contributed by atoms with E-state index < -0.39 is 0 Å². The van der Waals surface area contributed by atoms with Crippen LogP contribution in [0.1, 0.15) is 41.6 Å². The van der Waals surface area contributed by atoms with Crippen molar-refractivity contribution in [3.63, 3.8) is 0 Å². The van der Waals surface area contributed by atoms with Crippen LogP contribution in [0.15, 0.2) is 18.2 Å². The van der Waals surface area contributed by atoms with Crippen molar-refractivity contribution in [3.05, 3.63) is 29.3 Å². The Labute approximate surface area is 142 Å². The molecule has 0 radical (unpaired) electrons. The molecule has 0 atom stereocenters. The Morgan fingerprint density at radius 2 is 1.79 bits per heavy atom. The summed E-state index contributed by atoms with van der Waals surface area (Å²) < 4.78 is 5.51. The summed E-state index contributed by atoms with van der Waals surface area (Å²) in [5.41, 5.74) is 1.86. The summed E-state index contributed by atoms with van der Waals surface area (Å²) >= 11 is 0. The molecular weight excluding hydrogens is 304 g/mol. The van der Waals surface area contributed by atoms with Gasteiger partial charge in [0, 0.05) is 44.1 Å². The fourth-order valence-corrected chi connectivity index (χ4v) is 3.76. The molecule has 4 rings (SSSR count). The number of fused-ring (bicyclic) bond motifs is 1. The SMILES string of the molecule is O=C(c1ccc2c(c1)CCO2)N1CCCN(C(=O)C2CCC2)CC1. The number of rotatable bonds is 2. The molecule has 1 aliphatic carbocycles. The summed E-state index contributed by atoms with van der Waals surface area (Å²) in [4.78, 5) is 29.1. The molecule has 2 amide bonds. The lowest BCUT2D eigenvalue weighted by molar-refractivity contribution is -0.138. The molecule has 2 aliphatic heterocycles. The molecular formula is C19H24N2O3. The van der Waals surface area contributed by atoms with Crippen molar-refractivity contribution in [2.45, 2.75) is 32.1 Å². The van der Waals surface area contributed by atoms with Crippen LogP contribution in [0.4, 0.5) is 0 Å². The van der Waals surface area contributed by atoms with E-state index in [-0.39, 0.29) is 11.8 Å². The molecule has 128 valence electrons. The summed E-state index contributed by atoms with van der Waals surface area (Å²) in [6.07, 6.45) is 4.99. The highest BCUT2D eigenvalue weighted by Crippen LogP contribution is 2.29. The molecule has 0 aromatic heterocycles. The van der Waals surface area contributed by atoms with E-state index in [2.05, 4.69) is 0 Å². The van der Waals surface area contributed by atoms with Gasteiger partial charge >= 0.3 is 0 Å². The van der Waals surface area contributed by atoms with E-state index in [1.807, 2.05) is 28.0 Å². The van der Waals surface area contributed by atoms with Gasteiger partial charge in [0.2, 0.25) is 5.91 Å². The smallest absolute Gasteiger partial charge is 0.253 e. The minimum Gasteiger partial charge on any atom is -0.493 e. The zero-order valence-corrected chi connectivity index (χ0v) is 14.0. The number of carbonyl (C=O) groups excluding carboxylic acids is 2. The van der Waals surface area contributed by atoms with Crippen molar-refractivity contribution in [1.29, 1.82) is 0 Å². The number of carbonyl (C=O) groups is 2. The van der Waals surface area contributed by atoms with E-state index in [0.717, 1.165) is 55.6 Å². The Morgan fingerprint density at radius 3 is 2.58 bits per heavy atom. The van der Waals surface area contributed by atoms with Crippen LogP contribution in [0.25, 0.3) is 0 Å². The van der Waals surface area contributed by atoms with Gasteiger partial charge in [-0.25, -0.2) is 0 Å². The lowest BCUT2D eigenvalue weighted by atomic mass is 9.84. The molecule has 24 heavy (non-hydrogen) atoms. The third-order valence-corrected chi connectivity index (χ3v) is 5.49. The molecule has 1 saturated carbocycles. The Morgan fingerprint density at radius 1 is 1.00 bits per heavy atom. The van der Waals surface area contributed by atoms with Gasteiger partial charge in [-0.2, -0.15) is 0 Å². The van der Waals surface area contributed by atoms with Crippen LogP contribution in [0.5, 0.6) is 5.75 Å². The van der Waals surface area contributed by atoms with Gasteiger partial charge in [0.25, 0.3) is 5.91 Å². The quantitative estimate of drug-likeness (QED) is 0.835. The third kappa shape index (κ3) is 2.87. The van der Waals surface area contributed by atoms with Gasteiger partial charge in [0.05, 0.1) is 6.61 Å². The van der Waals surface area contributed by atoms with Crippen LogP contribution in [-0.4, -0.2) is 54.4 Å². The van der Waals surface area contributed by atoms with Crippen LogP contribution in [-0.2, 0) is 11.2 Å². The molecule has 3 aliphatic rings. The Bertz CT molecular complexity index is 654. The van der Waals surface area contributed by atoms with Crippen molar-refractivity contribution in [3.8, 4) is 5.75 Å². The summed E-state index contributed by atoms with van der Waals surface area (Å²) in [6.45, 7) is 3.49. The number of hydrogen-bond acceptors (Lipinski definition) is 3. The molecule has 1 aromatic carbocycles. The van der Waals surface area contributed by atoms with Crippen molar-refractivity contribution in [2.75, 3.05) is 32.8 Å². The maximum atomic E-state index is 12.8. The molecule has 5 nitrogen and oxygen atoms in total. The van der Waals surface area contributed by atoms with Gasteiger partial charge in [-0.1, -0.05) is 6.42 Å². The molecule has 1 aromatic rings. The normalized spacial score (nSPS) is 20.8. The van der Waals surface area contributed by atoms with Crippen LogP contribution in [0.3, 0.4) is 0 Å². The predicted octanol–water partition coefficient (Wildman–Crippen LogP) is 2.10. The number of hydrogen-bond donors (Lipinski definition) is 0. The fraction of sp³-hybridized carbons (Fsp3) is 0.579. The van der Waals surface area contributed by atoms with Crippen LogP contribution in [0, 0.1) is 5.92 Å². The Hall–Kier alpha value is -2.04. The standard InChI is InChI=1S/C19H24N2O3/c22-18(14-3-1-4-14)20-8-2-9-21(11-10-20)19(23)16-5-6-17-15(13-16)7-12-24-17/h5-6,13-14H,1-4,7-12H2. The van der Waals surface area contributed by atoms with E-state index >= 15 is 0 Å². The highest BCUT2D eigenvalue weighted by atomic mass is 16.5. The van der Waals surface area contributed by atoms with Crippen LogP contribution in [0.2, 0.25) is 0 Å². The first-order valence-electron chi connectivity index (χ1n) is 9.06. The van der Waals surface area contributed by atoms with Gasteiger partial charge < -0.3 is 14.5 Å². The van der Waals surface area contributed by atoms with E-state index in [9.17, 15) is 9.59 Å². The number of benzene rings is 1. The van der Waals surface area contributed by atoms with Crippen LogP contribution >= 0.6 is 0 Å². The highest BCUT2D eigenvalue weighted by molar-refractivity contribution is 5.94. The number of nitrogens with zero attached hydrogens (tertiary/aromatic N) is 2. The summed E-state index contributed by atoms with van der Waals surface area (Å²) in [7, 11) is 0. The number of amides is 2. The van der Waals surface area contributed by atoms with Gasteiger partial charge in [-0.05, 0) is 43.0 Å². The summed E-state index contributed by atoms with van der Waals surface area (Å²) in [5, 5.41) is 0. The van der Waals surface area contributed by atoms with Crippen molar-refractivity contribution < 1.29 is 14.3 Å². The van der Waals surface area contributed by atoms with E-state index in [0.29, 0.717) is 25.6 Å². The molecule has 0 spiro atoms. The summed E-state index contributed by atoms with van der Waals surface area (Å²) in [6, 6.07) is 5.72. The first-order valence-corrected chi connectivity index (χ1v) is 9.06. The lowest BCUT2D eigenvalue weighted by Gasteiger charge is -2.31. The van der Waals surface area contributed by atoms with Crippen molar-refractivity contribution in [1.82, 2.24) is 9.80 Å². The predicted molar refractivity (Wildman–Crippen MR) is 90.1 cm³/mol. The lowest BCUT2D eigenvalue weighted by Crippen LogP contribution is -2.41. The zero-order valence-electron chi connectivity index (χ0n) is 14.0.